The number of hydrogen-bond donors (Lipinski definition) is 4. The average Bonchev–Trinajstić information content (AvgIpc) is 3.32. The number of benzene rings is 1. The number of allylic oxidation sites excluding steroid dienone is 1. The van der Waals surface area contributed by atoms with Crippen LogP contribution in [0.5, 0.6) is 11.5 Å². The first kappa shape index (κ1) is 31.4. The van der Waals surface area contributed by atoms with Crippen molar-refractivity contribution in [1.29, 1.82) is 0 Å². The summed E-state index contributed by atoms with van der Waals surface area (Å²) in [7, 11) is 0. The van der Waals surface area contributed by atoms with Crippen molar-refractivity contribution in [2.45, 2.75) is 104 Å². The van der Waals surface area contributed by atoms with E-state index in [9.17, 15) is 25.2 Å². The molecule has 6 rings (SSSR count). The van der Waals surface area contributed by atoms with Gasteiger partial charge >= 0.3 is 5.97 Å². The molecule has 0 spiro atoms. The monoisotopic (exact) mass is 604 g/mol. The Balaban J connectivity index is 1.41. The molecule has 5 aliphatic carbocycles. The predicted octanol–water partition coefficient (Wildman–Crippen LogP) is 7.17. The van der Waals surface area contributed by atoms with E-state index < -0.39 is 29.7 Å². The minimum absolute atomic E-state index is 0.159. The van der Waals surface area contributed by atoms with Crippen LogP contribution in [0, 0.1) is 51.2 Å². The smallest absolute Gasteiger partial charge is 0.331 e. The zero-order valence-corrected chi connectivity index (χ0v) is 27.2. The molecule has 240 valence electrons. The van der Waals surface area contributed by atoms with E-state index in [2.05, 4.69) is 47.8 Å². The molecule has 0 aliphatic heterocycles. The van der Waals surface area contributed by atoms with Crippen molar-refractivity contribution < 1.29 is 30.0 Å². The average molecular weight is 605 g/mol. The van der Waals surface area contributed by atoms with E-state index in [1.807, 2.05) is 0 Å². The van der Waals surface area contributed by atoms with Crippen LogP contribution in [0.1, 0.15) is 91.5 Å². The van der Waals surface area contributed by atoms with Crippen LogP contribution < -0.4 is 0 Å². The second-order valence-electron chi connectivity index (χ2n) is 16.1. The second kappa shape index (κ2) is 10.5. The fourth-order valence-corrected chi connectivity index (χ4v) is 12.1. The fourth-order valence-electron chi connectivity index (χ4n) is 12.1. The molecule has 12 atom stereocenters. The molecule has 4 N–H and O–H groups in total. The van der Waals surface area contributed by atoms with Crippen molar-refractivity contribution in [2.75, 3.05) is 0 Å². The maximum absolute atomic E-state index is 13.6. The van der Waals surface area contributed by atoms with Gasteiger partial charge in [0.2, 0.25) is 0 Å². The first-order chi connectivity index (χ1) is 20.6. The van der Waals surface area contributed by atoms with Gasteiger partial charge in [0, 0.05) is 17.4 Å². The summed E-state index contributed by atoms with van der Waals surface area (Å²) >= 11 is 0. The molecule has 0 heterocycles. The number of phenolic OH excluding ortho intramolecular Hbond substituents is 2. The summed E-state index contributed by atoms with van der Waals surface area (Å²) in [5, 5.41) is 42.8. The number of aliphatic hydroxyl groups excluding tert-OH is 2. The number of hydrogen-bond acceptors (Lipinski definition) is 6. The lowest BCUT2D eigenvalue weighted by molar-refractivity contribution is -0.290. The van der Waals surface area contributed by atoms with Gasteiger partial charge in [-0.1, -0.05) is 52.5 Å². The van der Waals surface area contributed by atoms with Gasteiger partial charge in [0.15, 0.2) is 11.5 Å². The summed E-state index contributed by atoms with van der Waals surface area (Å²) in [5.41, 5.74) is 1.80. The zero-order valence-electron chi connectivity index (χ0n) is 27.2. The molecule has 6 nitrogen and oxygen atoms in total. The van der Waals surface area contributed by atoms with E-state index in [1.165, 1.54) is 36.6 Å². The van der Waals surface area contributed by atoms with Gasteiger partial charge in [-0.3, -0.25) is 0 Å². The Morgan fingerprint density at radius 1 is 0.932 bits per heavy atom. The molecule has 1 aromatic carbocycles. The second-order valence-corrected chi connectivity index (χ2v) is 16.1. The van der Waals surface area contributed by atoms with Gasteiger partial charge in [0.25, 0.3) is 0 Å². The highest BCUT2D eigenvalue weighted by molar-refractivity contribution is 5.87. The third-order valence-corrected chi connectivity index (χ3v) is 14.4. The number of ether oxygens (including phenoxy) is 1. The van der Waals surface area contributed by atoms with Gasteiger partial charge in [-0.25, -0.2) is 4.79 Å². The van der Waals surface area contributed by atoms with Crippen molar-refractivity contribution in [1.82, 2.24) is 0 Å². The van der Waals surface area contributed by atoms with Crippen molar-refractivity contribution in [3.05, 3.63) is 54.1 Å². The molecule has 0 saturated heterocycles. The summed E-state index contributed by atoms with van der Waals surface area (Å²) in [6, 6.07) is 4.37. The fraction of sp³-hybridized carbons (Fsp3) is 0.658. The molecule has 0 amide bonds. The van der Waals surface area contributed by atoms with Crippen LogP contribution in [0.15, 0.2) is 48.6 Å². The van der Waals surface area contributed by atoms with E-state index >= 15 is 0 Å². The van der Waals surface area contributed by atoms with Gasteiger partial charge in [0.1, 0.15) is 6.10 Å². The van der Waals surface area contributed by atoms with Gasteiger partial charge in [-0.15, -0.1) is 0 Å². The Kier molecular flexibility index (Phi) is 7.49. The van der Waals surface area contributed by atoms with Gasteiger partial charge in [-0.2, -0.15) is 0 Å². The number of aliphatic hydroxyl groups is 2. The van der Waals surface area contributed by atoms with Crippen LogP contribution in [-0.4, -0.2) is 44.7 Å². The van der Waals surface area contributed by atoms with Crippen LogP contribution in [0.4, 0.5) is 0 Å². The summed E-state index contributed by atoms with van der Waals surface area (Å²) in [6.07, 6.45) is 8.49. The van der Waals surface area contributed by atoms with E-state index in [4.69, 9.17) is 4.74 Å². The van der Waals surface area contributed by atoms with Crippen molar-refractivity contribution in [3.63, 3.8) is 0 Å². The van der Waals surface area contributed by atoms with E-state index in [0.29, 0.717) is 35.3 Å². The number of carbonyl (C=O) groups is 1. The highest BCUT2D eigenvalue weighted by Crippen LogP contribution is 2.77. The van der Waals surface area contributed by atoms with E-state index in [0.717, 1.165) is 32.1 Å². The highest BCUT2D eigenvalue weighted by atomic mass is 16.6. The molecule has 6 heteroatoms. The SMILES string of the molecule is C=C1[C@@H]2[C@H](O)[C@H](OC(=O)C=Cc3ccc(O)c(O)c3)[C@]3(C)[C@H](CC[C@@H]4[C@@H]5CC[C@@H](C(=C)C)[C@@]5(C)CC[C@]43C)[C@@]2(C)CC[C@@H]1O. The first-order valence-electron chi connectivity index (χ1n) is 16.7. The number of fused-ring (bicyclic) bond motifs is 7. The molecule has 0 aromatic heterocycles. The maximum Gasteiger partial charge on any atom is 0.331 e. The molecule has 5 fully saturated rings. The standard InChI is InChI=1S/C38H52O6/c1-21(2)24-10-11-25-26-12-14-30-36(5)17-16-27(39)22(3)32(36)33(43)34(38(30,7)37(26,6)19-18-35(24,25)4)44-31(42)15-9-23-8-13-28(40)29(41)20-23/h8-9,13,15,20,24-27,30,32-34,39-41,43H,1,3,10-12,14,16-19H2,2,4-7H3/t24-,25-,26+,27-,30+,32+,33-,34-,35+,36+,37+,38-/m0/s1. The van der Waals surface area contributed by atoms with E-state index in [1.54, 1.807) is 12.1 Å². The minimum Gasteiger partial charge on any atom is -0.504 e. The molecule has 0 bridgehead atoms. The lowest BCUT2D eigenvalue weighted by Gasteiger charge is -2.73. The third-order valence-electron chi connectivity index (χ3n) is 14.4. The molecule has 0 unspecified atom stereocenters. The highest BCUT2D eigenvalue weighted by Gasteiger charge is 2.74. The number of rotatable bonds is 4. The van der Waals surface area contributed by atoms with Crippen molar-refractivity contribution in [3.8, 4) is 11.5 Å². The van der Waals surface area contributed by atoms with Crippen molar-refractivity contribution >= 4 is 12.0 Å². The summed E-state index contributed by atoms with van der Waals surface area (Å²) in [5.74, 6) is 0.314. The summed E-state index contributed by atoms with van der Waals surface area (Å²) in [4.78, 5) is 13.6. The Hall–Kier alpha value is -2.57. The quantitative estimate of drug-likeness (QED) is 0.126. The lowest BCUT2D eigenvalue weighted by Crippen LogP contribution is -2.73. The molecule has 1 aromatic rings. The van der Waals surface area contributed by atoms with Crippen LogP contribution in [0.25, 0.3) is 6.08 Å². The summed E-state index contributed by atoms with van der Waals surface area (Å²) in [6.45, 7) is 20.4. The maximum atomic E-state index is 13.6. The molecular weight excluding hydrogens is 552 g/mol. The zero-order chi connectivity index (χ0) is 32.0. The van der Waals surface area contributed by atoms with E-state index in [-0.39, 0.29) is 39.6 Å². The lowest BCUT2D eigenvalue weighted by atomic mass is 9.32. The largest absolute Gasteiger partial charge is 0.504 e. The summed E-state index contributed by atoms with van der Waals surface area (Å²) < 4.78 is 6.41. The molecule has 5 saturated carbocycles. The van der Waals surface area contributed by atoms with Gasteiger partial charge in [-0.05, 0) is 128 Å². The van der Waals surface area contributed by atoms with Crippen LogP contribution >= 0.6 is 0 Å². The predicted molar refractivity (Wildman–Crippen MR) is 171 cm³/mol. The Morgan fingerprint density at radius 2 is 1.64 bits per heavy atom. The number of aromatic hydroxyl groups is 2. The first-order valence-corrected chi connectivity index (χ1v) is 16.7. The van der Waals surface area contributed by atoms with Gasteiger partial charge in [0.05, 0.1) is 12.2 Å². The minimum atomic E-state index is -0.991. The number of carbonyl (C=O) groups excluding carboxylic acids is 1. The van der Waals surface area contributed by atoms with Crippen LogP contribution in [0.3, 0.4) is 0 Å². The Bertz CT molecular complexity index is 1400. The normalized spacial score (nSPS) is 46.5. The topological polar surface area (TPSA) is 107 Å². The van der Waals surface area contributed by atoms with Gasteiger partial charge < -0.3 is 25.2 Å². The Morgan fingerprint density at radius 3 is 2.32 bits per heavy atom. The molecular formula is C38H52O6. The molecule has 0 radical (unpaired) electrons. The van der Waals surface area contributed by atoms with Crippen LogP contribution in [-0.2, 0) is 9.53 Å². The number of esters is 1. The third kappa shape index (κ3) is 4.22. The number of phenols is 2. The van der Waals surface area contributed by atoms with Crippen LogP contribution in [0.2, 0.25) is 0 Å². The molecule has 5 aliphatic rings. The molecule has 44 heavy (non-hydrogen) atoms. The Labute approximate surface area is 262 Å². The van der Waals surface area contributed by atoms with Crippen molar-refractivity contribution in [2.24, 2.45) is 51.2 Å².